The number of amides is 1. The smallest absolute Gasteiger partial charge is 0.261 e. The Morgan fingerprint density at radius 1 is 1.04 bits per heavy atom. The van der Waals surface area contributed by atoms with Crippen LogP contribution in [-0.2, 0) is 11.3 Å². The molecule has 1 atom stereocenters. The van der Waals surface area contributed by atoms with Crippen molar-refractivity contribution < 1.29 is 9.53 Å². The van der Waals surface area contributed by atoms with E-state index in [4.69, 9.17) is 16.3 Å². The molecular formula is C20H18ClNO2. The first kappa shape index (κ1) is 16.3. The third-order valence-electron chi connectivity index (χ3n) is 3.76. The van der Waals surface area contributed by atoms with E-state index in [1.54, 1.807) is 31.2 Å². The van der Waals surface area contributed by atoms with Gasteiger partial charge in [0, 0.05) is 11.6 Å². The van der Waals surface area contributed by atoms with Crippen LogP contribution in [-0.4, -0.2) is 12.0 Å². The molecule has 4 heteroatoms. The van der Waals surface area contributed by atoms with E-state index in [0.29, 0.717) is 17.3 Å². The molecule has 0 aromatic heterocycles. The average molecular weight is 340 g/mol. The average Bonchev–Trinajstić information content (AvgIpc) is 2.59. The number of benzene rings is 3. The van der Waals surface area contributed by atoms with Crippen molar-refractivity contribution in [2.24, 2.45) is 0 Å². The lowest BCUT2D eigenvalue weighted by atomic mass is 10.1. The van der Waals surface area contributed by atoms with Gasteiger partial charge in [0.05, 0.1) is 0 Å². The maximum atomic E-state index is 12.2. The zero-order chi connectivity index (χ0) is 16.9. The number of halogens is 1. The minimum Gasteiger partial charge on any atom is -0.481 e. The summed E-state index contributed by atoms with van der Waals surface area (Å²) in [4.78, 5) is 12.2. The normalized spacial score (nSPS) is 11.9. The summed E-state index contributed by atoms with van der Waals surface area (Å²) < 4.78 is 5.62. The first-order valence-corrected chi connectivity index (χ1v) is 8.17. The number of hydrogen-bond donors (Lipinski definition) is 1. The van der Waals surface area contributed by atoms with Crippen molar-refractivity contribution >= 4 is 28.3 Å². The quantitative estimate of drug-likeness (QED) is 0.739. The number of rotatable bonds is 5. The monoisotopic (exact) mass is 339 g/mol. The third kappa shape index (κ3) is 4.06. The van der Waals surface area contributed by atoms with Crippen LogP contribution < -0.4 is 10.1 Å². The molecular weight excluding hydrogens is 322 g/mol. The van der Waals surface area contributed by atoms with Gasteiger partial charge < -0.3 is 10.1 Å². The van der Waals surface area contributed by atoms with Gasteiger partial charge in [-0.25, -0.2) is 0 Å². The number of ether oxygens (including phenoxy) is 1. The fourth-order valence-corrected chi connectivity index (χ4v) is 2.66. The molecule has 3 rings (SSSR count). The molecule has 0 bridgehead atoms. The first-order chi connectivity index (χ1) is 11.6. The third-order valence-corrected chi connectivity index (χ3v) is 3.99. The Bertz CT molecular complexity index is 863. The maximum Gasteiger partial charge on any atom is 0.261 e. The molecule has 1 unspecified atom stereocenters. The molecule has 0 aliphatic heterocycles. The summed E-state index contributed by atoms with van der Waals surface area (Å²) in [5.74, 6) is 0.416. The van der Waals surface area contributed by atoms with Gasteiger partial charge in [0.25, 0.3) is 5.91 Å². The Labute approximate surface area is 146 Å². The molecule has 3 aromatic carbocycles. The standard InChI is InChI=1S/C20H18ClNO2/c1-14(24-19-8-4-7-18(21)12-19)20(23)22-13-15-9-10-16-5-2-3-6-17(16)11-15/h2-12,14H,13H2,1H3,(H,22,23). The van der Waals surface area contributed by atoms with E-state index in [1.165, 1.54) is 5.39 Å². The second-order valence-corrected chi connectivity index (χ2v) is 6.05. The maximum absolute atomic E-state index is 12.2. The first-order valence-electron chi connectivity index (χ1n) is 7.79. The van der Waals surface area contributed by atoms with Gasteiger partial charge in [0.2, 0.25) is 0 Å². The molecule has 0 saturated heterocycles. The summed E-state index contributed by atoms with van der Waals surface area (Å²) in [7, 11) is 0. The molecule has 3 nitrogen and oxygen atoms in total. The van der Waals surface area contributed by atoms with Gasteiger partial charge in [0.15, 0.2) is 6.10 Å². The molecule has 0 aliphatic rings. The van der Waals surface area contributed by atoms with E-state index in [1.807, 2.05) is 18.2 Å². The highest BCUT2D eigenvalue weighted by Gasteiger charge is 2.14. The molecule has 122 valence electrons. The number of hydrogen-bond acceptors (Lipinski definition) is 2. The van der Waals surface area contributed by atoms with E-state index in [2.05, 4.69) is 29.6 Å². The van der Waals surface area contributed by atoms with Gasteiger partial charge in [0.1, 0.15) is 5.75 Å². The molecule has 0 fully saturated rings. The highest BCUT2D eigenvalue weighted by atomic mass is 35.5. The highest BCUT2D eigenvalue weighted by Crippen LogP contribution is 2.18. The van der Waals surface area contributed by atoms with Crippen molar-refractivity contribution in [3.63, 3.8) is 0 Å². The number of carbonyl (C=O) groups is 1. The van der Waals surface area contributed by atoms with E-state index >= 15 is 0 Å². The molecule has 24 heavy (non-hydrogen) atoms. The van der Waals surface area contributed by atoms with Crippen LogP contribution in [0.25, 0.3) is 10.8 Å². The van der Waals surface area contributed by atoms with Crippen LogP contribution in [0.1, 0.15) is 12.5 Å². The van der Waals surface area contributed by atoms with Gasteiger partial charge in [-0.3, -0.25) is 4.79 Å². The Kier molecular flexibility index (Phi) is 5.02. The molecule has 1 N–H and O–H groups in total. The van der Waals surface area contributed by atoms with E-state index in [9.17, 15) is 4.79 Å². The Balaban J connectivity index is 1.59. The van der Waals surface area contributed by atoms with Crippen LogP contribution >= 0.6 is 11.6 Å². The van der Waals surface area contributed by atoms with Gasteiger partial charge in [-0.1, -0.05) is 54.1 Å². The van der Waals surface area contributed by atoms with Crippen molar-refractivity contribution in [2.45, 2.75) is 19.6 Å². The summed E-state index contributed by atoms with van der Waals surface area (Å²) in [6.45, 7) is 2.18. The number of nitrogens with one attached hydrogen (secondary N) is 1. The lowest BCUT2D eigenvalue weighted by Crippen LogP contribution is -2.35. The summed E-state index contributed by atoms with van der Waals surface area (Å²) in [5, 5.41) is 5.83. The number of carbonyl (C=O) groups excluding carboxylic acids is 1. The Morgan fingerprint density at radius 2 is 1.83 bits per heavy atom. The van der Waals surface area contributed by atoms with Gasteiger partial charge in [-0.05, 0) is 47.5 Å². The van der Waals surface area contributed by atoms with Gasteiger partial charge in [-0.2, -0.15) is 0 Å². The molecule has 0 spiro atoms. The fourth-order valence-electron chi connectivity index (χ4n) is 2.48. The van der Waals surface area contributed by atoms with Crippen LogP contribution in [0, 0.1) is 0 Å². The summed E-state index contributed by atoms with van der Waals surface area (Å²) >= 11 is 5.92. The summed E-state index contributed by atoms with van der Waals surface area (Å²) in [5.41, 5.74) is 1.05. The highest BCUT2D eigenvalue weighted by molar-refractivity contribution is 6.30. The summed E-state index contributed by atoms with van der Waals surface area (Å²) in [6.07, 6.45) is -0.594. The zero-order valence-electron chi connectivity index (χ0n) is 13.3. The molecule has 0 heterocycles. The van der Waals surface area contributed by atoms with Crippen LogP contribution in [0.3, 0.4) is 0 Å². The second kappa shape index (κ2) is 7.37. The Hall–Kier alpha value is -2.52. The largest absolute Gasteiger partial charge is 0.481 e. The lowest BCUT2D eigenvalue weighted by molar-refractivity contribution is -0.127. The van der Waals surface area contributed by atoms with E-state index in [-0.39, 0.29) is 5.91 Å². The van der Waals surface area contributed by atoms with Crippen LogP contribution in [0.5, 0.6) is 5.75 Å². The van der Waals surface area contributed by atoms with Crippen molar-refractivity contribution in [2.75, 3.05) is 0 Å². The van der Waals surface area contributed by atoms with Crippen LogP contribution in [0.2, 0.25) is 5.02 Å². The minimum absolute atomic E-state index is 0.164. The fraction of sp³-hybridized carbons (Fsp3) is 0.150. The molecule has 0 saturated carbocycles. The number of fused-ring (bicyclic) bond motifs is 1. The van der Waals surface area contributed by atoms with Gasteiger partial charge in [-0.15, -0.1) is 0 Å². The van der Waals surface area contributed by atoms with Crippen molar-refractivity contribution in [3.05, 3.63) is 77.3 Å². The lowest BCUT2D eigenvalue weighted by Gasteiger charge is -2.15. The van der Waals surface area contributed by atoms with Crippen molar-refractivity contribution in [1.82, 2.24) is 5.32 Å². The SMILES string of the molecule is CC(Oc1cccc(Cl)c1)C(=O)NCc1ccc2ccccc2c1. The van der Waals surface area contributed by atoms with E-state index in [0.717, 1.165) is 10.9 Å². The summed E-state index contributed by atoms with van der Waals surface area (Å²) in [6, 6.07) is 21.3. The van der Waals surface area contributed by atoms with Crippen LogP contribution in [0.15, 0.2) is 66.7 Å². The van der Waals surface area contributed by atoms with Gasteiger partial charge >= 0.3 is 0 Å². The minimum atomic E-state index is -0.594. The van der Waals surface area contributed by atoms with Crippen molar-refractivity contribution in [1.29, 1.82) is 0 Å². The zero-order valence-corrected chi connectivity index (χ0v) is 14.1. The molecule has 0 radical (unpaired) electrons. The molecule has 0 aliphatic carbocycles. The van der Waals surface area contributed by atoms with Crippen LogP contribution in [0.4, 0.5) is 0 Å². The molecule has 3 aromatic rings. The van der Waals surface area contributed by atoms with E-state index < -0.39 is 6.10 Å². The molecule has 1 amide bonds. The predicted octanol–water partition coefficient (Wildman–Crippen LogP) is 4.58. The second-order valence-electron chi connectivity index (χ2n) is 5.62. The van der Waals surface area contributed by atoms with Crippen molar-refractivity contribution in [3.8, 4) is 5.75 Å². The topological polar surface area (TPSA) is 38.3 Å². The predicted molar refractivity (Wildman–Crippen MR) is 97.3 cm³/mol. The Morgan fingerprint density at radius 3 is 2.62 bits per heavy atom.